The summed E-state index contributed by atoms with van der Waals surface area (Å²) >= 11 is 0. The van der Waals surface area contributed by atoms with Crippen LogP contribution in [0.5, 0.6) is 0 Å². The number of likely N-dealkylation sites (N-methyl/N-ethyl adjacent to an activating group) is 1. The Morgan fingerprint density at radius 1 is 1.39 bits per heavy atom. The van der Waals surface area contributed by atoms with Crippen LogP contribution in [0.2, 0.25) is 0 Å². The summed E-state index contributed by atoms with van der Waals surface area (Å²) in [4.78, 5) is 16.1. The molecule has 18 heavy (non-hydrogen) atoms. The third-order valence-electron chi connectivity index (χ3n) is 4.14. The van der Waals surface area contributed by atoms with Gasteiger partial charge in [-0.3, -0.25) is 4.79 Å². The van der Waals surface area contributed by atoms with E-state index in [2.05, 4.69) is 29.2 Å². The highest BCUT2D eigenvalue weighted by Gasteiger charge is 2.29. The summed E-state index contributed by atoms with van der Waals surface area (Å²) in [6.07, 6.45) is 4.73. The van der Waals surface area contributed by atoms with E-state index in [1.165, 1.54) is 25.7 Å². The first kappa shape index (κ1) is 13.8. The zero-order valence-electron chi connectivity index (χ0n) is 11.6. The molecule has 5 nitrogen and oxygen atoms in total. The number of carbonyl (C=O) groups is 1. The number of carbonyl (C=O) groups excluding carboxylic acids is 1. The lowest BCUT2D eigenvalue weighted by atomic mass is 10.0. The lowest BCUT2D eigenvalue weighted by molar-refractivity contribution is -0.120. The van der Waals surface area contributed by atoms with Gasteiger partial charge >= 0.3 is 0 Å². The number of likely N-dealkylation sites (tertiary alicyclic amines) is 1. The van der Waals surface area contributed by atoms with E-state index in [9.17, 15) is 4.79 Å². The molecule has 2 fully saturated rings. The first-order valence-electron chi connectivity index (χ1n) is 7.00. The standard InChI is InChI=1S/C13H26N4O/c1-16-7-5-11(6-8-16)17(2)9-12(13(14)18)15-10-3-4-10/h10-12,15H,3-9H2,1-2H3,(H2,14,18). The van der Waals surface area contributed by atoms with Crippen LogP contribution in [0.1, 0.15) is 25.7 Å². The van der Waals surface area contributed by atoms with E-state index in [1.54, 1.807) is 0 Å². The summed E-state index contributed by atoms with van der Waals surface area (Å²) in [5, 5.41) is 3.34. The monoisotopic (exact) mass is 254 g/mol. The molecule has 0 spiro atoms. The Morgan fingerprint density at radius 2 is 2.00 bits per heavy atom. The normalized spacial score (nSPS) is 24.4. The molecule has 0 aromatic rings. The lowest BCUT2D eigenvalue weighted by Crippen LogP contribution is -2.52. The molecule has 3 N–H and O–H groups in total. The molecule has 5 heteroatoms. The van der Waals surface area contributed by atoms with Gasteiger partial charge in [-0.05, 0) is 52.9 Å². The zero-order chi connectivity index (χ0) is 13.1. The molecule has 2 rings (SSSR count). The van der Waals surface area contributed by atoms with Crippen LogP contribution in [0.3, 0.4) is 0 Å². The van der Waals surface area contributed by atoms with Gasteiger partial charge in [0.25, 0.3) is 0 Å². The minimum absolute atomic E-state index is 0.192. The van der Waals surface area contributed by atoms with E-state index in [0.717, 1.165) is 19.6 Å². The quantitative estimate of drug-likeness (QED) is 0.678. The van der Waals surface area contributed by atoms with Crippen molar-refractivity contribution in [3.05, 3.63) is 0 Å². The average molecular weight is 254 g/mol. The molecule has 1 aliphatic carbocycles. The van der Waals surface area contributed by atoms with Crippen LogP contribution in [-0.4, -0.2) is 67.6 Å². The number of rotatable bonds is 6. The third-order valence-corrected chi connectivity index (χ3v) is 4.14. The van der Waals surface area contributed by atoms with Gasteiger partial charge in [-0.2, -0.15) is 0 Å². The molecule has 0 aromatic heterocycles. The molecule has 0 radical (unpaired) electrons. The zero-order valence-corrected chi connectivity index (χ0v) is 11.6. The largest absolute Gasteiger partial charge is 0.368 e. The van der Waals surface area contributed by atoms with Gasteiger partial charge in [-0.1, -0.05) is 0 Å². The summed E-state index contributed by atoms with van der Waals surface area (Å²) in [7, 11) is 4.28. The van der Waals surface area contributed by atoms with Crippen LogP contribution >= 0.6 is 0 Å². The van der Waals surface area contributed by atoms with Crippen molar-refractivity contribution in [1.29, 1.82) is 0 Å². The summed E-state index contributed by atoms with van der Waals surface area (Å²) in [5.41, 5.74) is 5.48. The highest BCUT2D eigenvalue weighted by atomic mass is 16.1. The van der Waals surface area contributed by atoms with Gasteiger partial charge in [-0.15, -0.1) is 0 Å². The van der Waals surface area contributed by atoms with Gasteiger partial charge in [0, 0.05) is 18.6 Å². The second-order valence-electron chi connectivity index (χ2n) is 5.87. The SMILES string of the molecule is CN1CCC(N(C)CC(NC2CC2)C(N)=O)CC1. The fourth-order valence-corrected chi connectivity index (χ4v) is 2.63. The minimum atomic E-state index is -0.221. The van der Waals surface area contributed by atoms with Crippen LogP contribution < -0.4 is 11.1 Å². The molecule has 1 saturated heterocycles. The highest BCUT2D eigenvalue weighted by molar-refractivity contribution is 5.80. The number of primary amides is 1. The van der Waals surface area contributed by atoms with E-state index in [1.807, 2.05) is 0 Å². The number of hydrogen-bond acceptors (Lipinski definition) is 4. The van der Waals surface area contributed by atoms with Gasteiger partial charge in [0.15, 0.2) is 0 Å². The topological polar surface area (TPSA) is 61.6 Å². The van der Waals surface area contributed by atoms with Crippen LogP contribution in [0.15, 0.2) is 0 Å². The Kier molecular flexibility index (Phi) is 4.59. The smallest absolute Gasteiger partial charge is 0.235 e. The number of nitrogens with one attached hydrogen (secondary N) is 1. The van der Waals surface area contributed by atoms with Gasteiger partial charge in [0.05, 0.1) is 6.04 Å². The van der Waals surface area contributed by atoms with Crippen LogP contribution in [0, 0.1) is 0 Å². The van der Waals surface area contributed by atoms with Crippen molar-refractivity contribution >= 4 is 5.91 Å². The second-order valence-corrected chi connectivity index (χ2v) is 5.87. The van der Waals surface area contributed by atoms with Crippen molar-refractivity contribution in [3.8, 4) is 0 Å². The Labute approximate surface area is 110 Å². The Bertz CT molecular complexity index is 285. The second kappa shape index (κ2) is 5.99. The van der Waals surface area contributed by atoms with E-state index < -0.39 is 0 Å². The van der Waals surface area contributed by atoms with Crippen molar-refractivity contribution < 1.29 is 4.79 Å². The number of nitrogens with zero attached hydrogens (tertiary/aromatic N) is 2. The van der Waals surface area contributed by atoms with Crippen LogP contribution in [-0.2, 0) is 4.79 Å². The van der Waals surface area contributed by atoms with E-state index in [-0.39, 0.29) is 11.9 Å². The number of nitrogens with two attached hydrogens (primary N) is 1. The van der Waals surface area contributed by atoms with E-state index in [0.29, 0.717) is 12.1 Å². The summed E-state index contributed by atoms with van der Waals surface area (Å²) < 4.78 is 0. The number of piperidine rings is 1. The molecule has 1 aliphatic heterocycles. The fraction of sp³-hybridized carbons (Fsp3) is 0.923. The van der Waals surface area contributed by atoms with Crippen molar-refractivity contribution in [2.45, 2.75) is 43.8 Å². The van der Waals surface area contributed by atoms with Crippen molar-refractivity contribution in [1.82, 2.24) is 15.1 Å². The molecule has 1 heterocycles. The summed E-state index contributed by atoms with van der Waals surface area (Å²) in [5.74, 6) is -0.221. The number of amides is 1. The molecule has 1 amide bonds. The first-order chi connectivity index (χ1) is 8.56. The van der Waals surface area contributed by atoms with Gasteiger partial charge < -0.3 is 20.9 Å². The Morgan fingerprint density at radius 3 is 2.50 bits per heavy atom. The predicted molar refractivity (Wildman–Crippen MR) is 72.3 cm³/mol. The maximum absolute atomic E-state index is 11.5. The van der Waals surface area contributed by atoms with E-state index in [4.69, 9.17) is 5.73 Å². The molecule has 104 valence electrons. The molecular formula is C13H26N4O. The highest BCUT2D eigenvalue weighted by Crippen LogP contribution is 2.20. The van der Waals surface area contributed by atoms with Crippen molar-refractivity contribution in [3.63, 3.8) is 0 Å². The maximum Gasteiger partial charge on any atom is 0.235 e. The third kappa shape index (κ3) is 3.93. The average Bonchev–Trinajstić information content (AvgIpc) is 3.12. The minimum Gasteiger partial charge on any atom is -0.368 e. The predicted octanol–water partition coefficient (Wildman–Crippen LogP) is -0.382. The Hall–Kier alpha value is -0.650. The van der Waals surface area contributed by atoms with Crippen LogP contribution in [0.4, 0.5) is 0 Å². The van der Waals surface area contributed by atoms with Gasteiger partial charge in [0.2, 0.25) is 5.91 Å². The molecule has 2 aliphatic rings. The first-order valence-corrected chi connectivity index (χ1v) is 7.00. The lowest BCUT2D eigenvalue weighted by Gasteiger charge is -2.36. The molecule has 0 aromatic carbocycles. The van der Waals surface area contributed by atoms with Crippen LogP contribution in [0.25, 0.3) is 0 Å². The van der Waals surface area contributed by atoms with Gasteiger partial charge in [0.1, 0.15) is 0 Å². The molecule has 0 bridgehead atoms. The number of hydrogen-bond donors (Lipinski definition) is 2. The molecule has 1 saturated carbocycles. The Balaban J connectivity index is 1.79. The maximum atomic E-state index is 11.5. The van der Waals surface area contributed by atoms with E-state index >= 15 is 0 Å². The fourth-order valence-electron chi connectivity index (χ4n) is 2.63. The van der Waals surface area contributed by atoms with Crippen molar-refractivity contribution in [2.75, 3.05) is 33.7 Å². The van der Waals surface area contributed by atoms with Crippen molar-refractivity contribution in [2.24, 2.45) is 5.73 Å². The molecule has 1 atom stereocenters. The molecular weight excluding hydrogens is 228 g/mol. The van der Waals surface area contributed by atoms with Gasteiger partial charge in [-0.25, -0.2) is 0 Å². The summed E-state index contributed by atoms with van der Waals surface area (Å²) in [6, 6.07) is 0.916. The summed E-state index contributed by atoms with van der Waals surface area (Å²) in [6.45, 7) is 3.03. The molecule has 1 unspecified atom stereocenters.